The molecule has 0 radical (unpaired) electrons. The van der Waals surface area contributed by atoms with Gasteiger partial charge in [0.05, 0.1) is 6.61 Å². The molecule has 0 bridgehead atoms. The van der Waals surface area contributed by atoms with Gasteiger partial charge in [0.1, 0.15) is 18.6 Å². The molecule has 0 N–H and O–H groups in total. The topological polar surface area (TPSA) is 35.5 Å². The summed E-state index contributed by atoms with van der Waals surface area (Å²) in [4.78, 5) is 10.5. The lowest BCUT2D eigenvalue weighted by molar-refractivity contribution is 0.112. The van der Waals surface area contributed by atoms with Gasteiger partial charge in [0.2, 0.25) is 0 Å². The summed E-state index contributed by atoms with van der Waals surface area (Å²) >= 11 is 3.29. The molecule has 0 spiro atoms. The van der Waals surface area contributed by atoms with Crippen LogP contribution in [0.5, 0.6) is 5.75 Å². The average Bonchev–Trinajstić information content (AvgIpc) is 2.17. The lowest BCUT2D eigenvalue weighted by atomic mass is 10.2. The van der Waals surface area contributed by atoms with E-state index in [1.165, 1.54) is 0 Å². The average molecular weight is 259 g/mol. The number of halogens is 1. The third-order valence-corrected chi connectivity index (χ3v) is 2.04. The third-order valence-electron chi connectivity index (χ3n) is 1.59. The zero-order valence-corrected chi connectivity index (χ0v) is 9.41. The second-order valence-electron chi connectivity index (χ2n) is 2.68. The summed E-state index contributed by atoms with van der Waals surface area (Å²) in [6.45, 7) is 1.01. The van der Waals surface area contributed by atoms with Crippen molar-refractivity contribution in [3.8, 4) is 5.75 Å². The first kappa shape index (κ1) is 11.2. The lowest BCUT2D eigenvalue weighted by Gasteiger charge is -2.06. The number of carbonyl (C=O) groups excluding carboxylic acids is 1. The number of aldehydes is 1. The Morgan fingerprint density at radius 3 is 2.79 bits per heavy atom. The van der Waals surface area contributed by atoms with Crippen molar-refractivity contribution in [2.45, 2.75) is 0 Å². The minimum atomic E-state index is 0.477. The highest BCUT2D eigenvalue weighted by atomic mass is 79.9. The Balaban J connectivity index is 2.66. The van der Waals surface area contributed by atoms with E-state index in [-0.39, 0.29) is 0 Å². The van der Waals surface area contributed by atoms with Gasteiger partial charge in [-0.05, 0) is 18.2 Å². The zero-order chi connectivity index (χ0) is 10.4. The van der Waals surface area contributed by atoms with Crippen LogP contribution in [0.3, 0.4) is 0 Å². The minimum absolute atomic E-state index is 0.477. The maximum atomic E-state index is 10.5. The molecule has 0 aliphatic rings. The molecule has 76 valence electrons. The van der Waals surface area contributed by atoms with E-state index in [0.29, 0.717) is 24.5 Å². The van der Waals surface area contributed by atoms with Gasteiger partial charge in [0, 0.05) is 17.1 Å². The first-order valence-electron chi connectivity index (χ1n) is 4.14. The van der Waals surface area contributed by atoms with Crippen molar-refractivity contribution < 1.29 is 14.3 Å². The van der Waals surface area contributed by atoms with Crippen LogP contribution in [0.25, 0.3) is 0 Å². The van der Waals surface area contributed by atoms with E-state index >= 15 is 0 Å². The Kier molecular flexibility index (Phi) is 4.62. The van der Waals surface area contributed by atoms with Gasteiger partial charge in [0.25, 0.3) is 0 Å². The predicted octanol–water partition coefficient (Wildman–Crippen LogP) is 2.29. The molecule has 3 nitrogen and oxygen atoms in total. The Morgan fingerprint density at radius 1 is 1.36 bits per heavy atom. The van der Waals surface area contributed by atoms with Crippen LogP contribution in [0, 0.1) is 0 Å². The molecular weight excluding hydrogens is 248 g/mol. The zero-order valence-electron chi connectivity index (χ0n) is 7.83. The van der Waals surface area contributed by atoms with Crippen molar-refractivity contribution in [1.82, 2.24) is 0 Å². The van der Waals surface area contributed by atoms with E-state index in [0.717, 1.165) is 10.8 Å². The van der Waals surface area contributed by atoms with Crippen molar-refractivity contribution in [3.63, 3.8) is 0 Å². The van der Waals surface area contributed by atoms with Crippen LogP contribution in [0.15, 0.2) is 22.7 Å². The van der Waals surface area contributed by atoms with E-state index in [2.05, 4.69) is 15.9 Å². The fourth-order valence-corrected chi connectivity index (χ4v) is 1.47. The van der Waals surface area contributed by atoms with E-state index in [1.54, 1.807) is 19.2 Å². The van der Waals surface area contributed by atoms with Crippen LogP contribution in [-0.4, -0.2) is 26.6 Å². The number of hydrogen-bond acceptors (Lipinski definition) is 3. The molecular formula is C10H11BrO3. The Hall–Kier alpha value is -0.870. The van der Waals surface area contributed by atoms with Crippen molar-refractivity contribution in [1.29, 1.82) is 0 Å². The monoisotopic (exact) mass is 258 g/mol. The van der Waals surface area contributed by atoms with E-state index in [4.69, 9.17) is 9.47 Å². The smallest absolute Gasteiger partial charge is 0.150 e. The van der Waals surface area contributed by atoms with Gasteiger partial charge in [-0.2, -0.15) is 0 Å². The van der Waals surface area contributed by atoms with Gasteiger partial charge in [-0.1, -0.05) is 15.9 Å². The number of benzene rings is 1. The molecule has 0 saturated carbocycles. The largest absolute Gasteiger partial charge is 0.491 e. The number of hydrogen-bond donors (Lipinski definition) is 0. The summed E-state index contributed by atoms with van der Waals surface area (Å²) in [5.41, 5.74) is 0.590. The Bertz CT molecular complexity index is 312. The van der Waals surface area contributed by atoms with Gasteiger partial charge in [0.15, 0.2) is 0 Å². The molecule has 0 amide bonds. The van der Waals surface area contributed by atoms with Crippen molar-refractivity contribution in [2.75, 3.05) is 20.3 Å². The summed E-state index contributed by atoms with van der Waals surface area (Å²) in [5.74, 6) is 0.665. The summed E-state index contributed by atoms with van der Waals surface area (Å²) in [6.07, 6.45) is 0.786. The maximum absolute atomic E-state index is 10.5. The molecule has 0 fully saturated rings. The van der Waals surface area contributed by atoms with Gasteiger partial charge in [-0.3, -0.25) is 4.79 Å². The molecule has 0 aliphatic heterocycles. The normalized spacial score (nSPS) is 9.86. The minimum Gasteiger partial charge on any atom is -0.491 e. The molecule has 0 aliphatic carbocycles. The molecule has 14 heavy (non-hydrogen) atoms. The first-order chi connectivity index (χ1) is 6.76. The van der Waals surface area contributed by atoms with Gasteiger partial charge in [-0.25, -0.2) is 0 Å². The van der Waals surface area contributed by atoms with Crippen LogP contribution in [0.4, 0.5) is 0 Å². The molecule has 4 heteroatoms. The summed E-state index contributed by atoms with van der Waals surface area (Å²) < 4.78 is 11.0. The molecule has 0 atom stereocenters. The van der Waals surface area contributed by atoms with Crippen molar-refractivity contribution in [3.05, 3.63) is 28.2 Å². The SMILES string of the molecule is COCCOc1cc(Br)cc(C=O)c1. The molecule has 1 aromatic rings. The summed E-state index contributed by atoms with van der Waals surface area (Å²) in [5, 5.41) is 0. The van der Waals surface area contributed by atoms with Crippen LogP contribution < -0.4 is 4.74 Å². The second kappa shape index (κ2) is 5.78. The molecule has 0 unspecified atom stereocenters. The number of ether oxygens (including phenoxy) is 2. The standard InChI is InChI=1S/C10H11BrO3/c1-13-2-3-14-10-5-8(7-12)4-9(11)6-10/h4-7H,2-3H2,1H3. The van der Waals surface area contributed by atoms with Crippen LogP contribution in [0.1, 0.15) is 10.4 Å². The third kappa shape index (κ3) is 3.47. The first-order valence-corrected chi connectivity index (χ1v) is 4.93. The van der Waals surface area contributed by atoms with Gasteiger partial charge in [-0.15, -0.1) is 0 Å². The summed E-state index contributed by atoms with van der Waals surface area (Å²) in [7, 11) is 1.61. The highest BCUT2D eigenvalue weighted by Gasteiger charge is 1.99. The molecule has 1 rings (SSSR count). The van der Waals surface area contributed by atoms with Crippen LogP contribution in [0.2, 0.25) is 0 Å². The maximum Gasteiger partial charge on any atom is 0.150 e. The Morgan fingerprint density at radius 2 is 2.14 bits per heavy atom. The molecule has 1 aromatic carbocycles. The number of methoxy groups -OCH3 is 1. The summed E-state index contributed by atoms with van der Waals surface area (Å²) in [6, 6.07) is 5.23. The fraction of sp³-hybridized carbons (Fsp3) is 0.300. The highest BCUT2D eigenvalue weighted by molar-refractivity contribution is 9.10. The van der Waals surface area contributed by atoms with E-state index in [9.17, 15) is 4.79 Å². The number of rotatable bonds is 5. The second-order valence-corrected chi connectivity index (χ2v) is 3.60. The van der Waals surface area contributed by atoms with Crippen LogP contribution >= 0.6 is 15.9 Å². The van der Waals surface area contributed by atoms with Gasteiger partial charge < -0.3 is 9.47 Å². The fourth-order valence-electron chi connectivity index (χ4n) is 0.979. The molecule has 0 saturated heterocycles. The van der Waals surface area contributed by atoms with Crippen molar-refractivity contribution in [2.24, 2.45) is 0 Å². The highest BCUT2D eigenvalue weighted by Crippen LogP contribution is 2.20. The quantitative estimate of drug-likeness (QED) is 0.601. The van der Waals surface area contributed by atoms with Crippen molar-refractivity contribution >= 4 is 22.2 Å². The Labute approximate surface area is 91.1 Å². The van der Waals surface area contributed by atoms with Crippen LogP contribution in [-0.2, 0) is 4.74 Å². The van der Waals surface area contributed by atoms with Gasteiger partial charge >= 0.3 is 0 Å². The lowest BCUT2D eigenvalue weighted by Crippen LogP contribution is -2.04. The molecule has 0 aromatic heterocycles. The predicted molar refractivity (Wildman–Crippen MR) is 56.9 cm³/mol. The van der Waals surface area contributed by atoms with E-state index in [1.807, 2.05) is 6.07 Å². The van der Waals surface area contributed by atoms with E-state index < -0.39 is 0 Å². The number of carbonyl (C=O) groups is 1. The molecule has 0 heterocycles.